The van der Waals surface area contributed by atoms with Gasteiger partial charge in [0.1, 0.15) is 0 Å². The summed E-state index contributed by atoms with van der Waals surface area (Å²) in [4.78, 5) is 14.8. The topological polar surface area (TPSA) is 41.1 Å². The van der Waals surface area contributed by atoms with Gasteiger partial charge in [0.2, 0.25) is 0 Å². The zero-order valence-corrected chi connectivity index (χ0v) is 13.8. The number of carbonyl (C=O) groups is 1. The maximum atomic E-state index is 12.4. The Morgan fingerprint density at radius 3 is 3.00 bits per heavy atom. The van der Waals surface area contributed by atoms with E-state index < -0.39 is 0 Å². The number of rotatable bonds is 3. The highest BCUT2D eigenvalue weighted by Crippen LogP contribution is 2.29. The lowest BCUT2D eigenvalue weighted by Gasteiger charge is -2.34. The Morgan fingerprint density at radius 1 is 1.33 bits per heavy atom. The first-order chi connectivity index (χ1) is 10.2. The second-order valence-corrected chi connectivity index (χ2v) is 8.03. The number of piperidine rings is 1. The summed E-state index contributed by atoms with van der Waals surface area (Å²) >= 11 is 1.71. The predicted octanol–water partition coefficient (Wildman–Crippen LogP) is 3.14. The third-order valence-electron chi connectivity index (χ3n) is 4.83. The van der Waals surface area contributed by atoms with Crippen LogP contribution in [0.15, 0.2) is 6.07 Å². The number of amides is 1. The molecule has 0 aromatic carbocycles. The molecular formula is C17H26N2OS. The summed E-state index contributed by atoms with van der Waals surface area (Å²) in [5.41, 5.74) is 1.63. The average Bonchev–Trinajstić information content (AvgIpc) is 2.77. The van der Waals surface area contributed by atoms with Gasteiger partial charge in [-0.3, -0.25) is 4.79 Å². The molecule has 0 spiro atoms. The normalized spacial score (nSPS) is 26.0. The molecule has 1 unspecified atom stereocenters. The van der Waals surface area contributed by atoms with Crippen molar-refractivity contribution in [2.24, 2.45) is 5.41 Å². The third-order valence-corrected chi connectivity index (χ3v) is 6.07. The van der Waals surface area contributed by atoms with Gasteiger partial charge in [0.15, 0.2) is 0 Å². The lowest BCUT2D eigenvalue weighted by atomic mass is 9.83. The van der Waals surface area contributed by atoms with Crippen molar-refractivity contribution in [3.8, 4) is 0 Å². The summed E-state index contributed by atoms with van der Waals surface area (Å²) in [6, 6.07) is 2.14. The number of thiophene rings is 1. The Balaban J connectivity index is 1.60. The fourth-order valence-corrected chi connectivity index (χ4v) is 4.60. The van der Waals surface area contributed by atoms with Gasteiger partial charge in [-0.15, -0.1) is 11.3 Å². The van der Waals surface area contributed by atoms with Crippen molar-refractivity contribution in [3.05, 3.63) is 21.4 Å². The highest BCUT2D eigenvalue weighted by Gasteiger charge is 2.27. The van der Waals surface area contributed by atoms with Crippen LogP contribution in [0.25, 0.3) is 0 Å². The summed E-state index contributed by atoms with van der Waals surface area (Å²) in [5, 5.41) is 6.60. The van der Waals surface area contributed by atoms with E-state index in [2.05, 4.69) is 23.6 Å². The molecular weight excluding hydrogens is 280 g/mol. The van der Waals surface area contributed by atoms with Crippen molar-refractivity contribution in [2.75, 3.05) is 19.6 Å². The molecule has 4 heteroatoms. The van der Waals surface area contributed by atoms with Gasteiger partial charge in [-0.05, 0) is 62.1 Å². The maximum absolute atomic E-state index is 12.4. The number of aryl methyl sites for hydroxylation is 2. The van der Waals surface area contributed by atoms with E-state index in [0.29, 0.717) is 0 Å². The number of hydrogen-bond donors (Lipinski definition) is 2. The molecule has 3 nitrogen and oxygen atoms in total. The zero-order valence-electron chi connectivity index (χ0n) is 13.0. The standard InChI is InChI=1S/C17H26N2OS/c1-17(8-5-9-18-11-17)12-19-16(20)15-10-13-6-3-2-4-7-14(13)21-15/h10,18H,2-9,11-12H2,1H3,(H,19,20). The van der Waals surface area contributed by atoms with Crippen LogP contribution in [0, 0.1) is 5.41 Å². The fraction of sp³-hybridized carbons (Fsp3) is 0.706. The Hall–Kier alpha value is -0.870. The number of hydrogen-bond acceptors (Lipinski definition) is 3. The molecule has 1 fully saturated rings. The summed E-state index contributed by atoms with van der Waals surface area (Å²) in [6.45, 7) is 5.17. The molecule has 21 heavy (non-hydrogen) atoms. The van der Waals surface area contributed by atoms with E-state index in [1.165, 1.54) is 42.5 Å². The van der Waals surface area contributed by atoms with Gasteiger partial charge >= 0.3 is 0 Å². The lowest BCUT2D eigenvalue weighted by molar-refractivity contribution is 0.0928. The Morgan fingerprint density at radius 2 is 2.19 bits per heavy atom. The molecule has 116 valence electrons. The molecule has 1 aromatic heterocycles. The highest BCUT2D eigenvalue weighted by molar-refractivity contribution is 7.14. The first-order valence-electron chi connectivity index (χ1n) is 8.27. The van der Waals surface area contributed by atoms with Crippen molar-refractivity contribution in [3.63, 3.8) is 0 Å². The van der Waals surface area contributed by atoms with E-state index in [4.69, 9.17) is 0 Å². The monoisotopic (exact) mass is 306 g/mol. The second-order valence-electron chi connectivity index (χ2n) is 6.89. The van der Waals surface area contributed by atoms with E-state index >= 15 is 0 Å². The van der Waals surface area contributed by atoms with E-state index in [1.807, 2.05) is 0 Å². The van der Waals surface area contributed by atoms with Gasteiger partial charge in [-0.2, -0.15) is 0 Å². The Kier molecular flexibility index (Phi) is 4.65. The smallest absolute Gasteiger partial charge is 0.261 e. The lowest BCUT2D eigenvalue weighted by Crippen LogP contribution is -2.45. The van der Waals surface area contributed by atoms with Crippen LogP contribution in [-0.4, -0.2) is 25.5 Å². The predicted molar refractivity (Wildman–Crippen MR) is 88.1 cm³/mol. The highest BCUT2D eigenvalue weighted by atomic mass is 32.1. The van der Waals surface area contributed by atoms with Crippen molar-refractivity contribution in [2.45, 2.75) is 51.9 Å². The fourth-order valence-electron chi connectivity index (χ4n) is 3.43. The van der Waals surface area contributed by atoms with Gasteiger partial charge in [0, 0.05) is 18.0 Å². The minimum Gasteiger partial charge on any atom is -0.351 e. The molecule has 1 aliphatic heterocycles. The minimum absolute atomic E-state index is 0.125. The number of nitrogens with one attached hydrogen (secondary N) is 2. The summed E-state index contributed by atoms with van der Waals surface area (Å²) in [5.74, 6) is 0.125. The SMILES string of the molecule is CC1(CNC(=O)c2cc3c(s2)CCCCC3)CCCNC1. The van der Waals surface area contributed by atoms with Crippen molar-refractivity contribution in [1.29, 1.82) is 0 Å². The van der Waals surface area contributed by atoms with Gasteiger partial charge < -0.3 is 10.6 Å². The van der Waals surface area contributed by atoms with E-state index in [-0.39, 0.29) is 11.3 Å². The van der Waals surface area contributed by atoms with Gasteiger partial charge in [0.05, 0.1) is 4.88 Å². The van der Waals surface area contributed by atoms with Crippen LogP contribution < -0.4 is 10.6 Å². The van der Waals surface area contributed by atoms with Crippen molar-refractivity contribution >= 4 is 17.2 Å². The zero-order chi connectivity index (χ0) is 14.7. The van der Waals surface area contributed by atoms with Gasteiger partial charge in [-0.25, -0.2) is 0 Å². The number of fused-ring (bicyclic) bond motifs is 1. The molecule has 1 saturated heterocycles. The van der Waals surface area contributed by atoms with Crippen LogP contribution in [0.5, 0.6) is 0 Å². The Bertz CT molecular complexity index is 479. The van der Waals surface area contributed by atoms with Crippen LogP contribution in [0.1, 0.15) is 59.1 Å². The third kappa shape index (κ3) is 3.67. The second kappa shape index (κ2) is 6.49. The van der Waals surface area contributed by atoms with Gasteiger partial charge in [0.25, 0.3) is 5.91 Å². The Labute approximate surface area is 131 Å². The molecule has 1 aliphatic carbocycles. The number of carbonyl (C=O) groups excluding carboxylic acids is 1. The molecule has 0 bridgehead atoms. The van der Waals surface area contributed by atoms with Crippen LogP contribution in [0.4, 0.5) is 0 Å². The maximum Gasteiger partial charge on any atom is 0.261 e. The molecule has 2 N–H and O–H groups in total. The van der Waals surface area contributed by atoms with Crippen molar-refractivity contribution < 1.29 is 4.79 Å². The van der Waals surface area contributed by atoms with E-state index in [9.17, 15) is 4.79 Å². The van der Waals surface area contributed by atoms with E-state index in [1.54, 1.807) is 11.3 Å². The summed E-state index contributed by atoms with van der Waals surface area (Å²) in [7, 11) is 0. The summed E-state index contributed by atoms with van der Waals surface area (Å²) in [6.07, 6.45) is 8.59. The molecule has 0 radical (unpaired) electrons. The first kappa shape index (κ1) is 15.0. The molecule has 1 amide bonds. The summed E-state index contributed by atoms with van der Waals surface area (Å²) < 4.78 is 0. The van der Waals surface area contributed by atoms with E-state index in [0.717, 1.165) is 37.4 Å². The molecule has 3 rings (SSSR count). The molecule has 1 aromatic rings. The minimum atomic E-state index is 0.125. The molecule has 2 aliphatic rings. The van der Waals surface area contributed by atoms with Crippen molar-refractivity contribution in [1.82, 2.24) is 10.6 Å². The molecule has 0 saturated carbocycles. The average molecular weight is 306 g/mol. The quantitative estimate of drug-likeness (QED) is 0.842. The first-order valence-corrected chi connectivity index (χ1v) is 9.08. The van der Waals surface area contributed by atoms with Crippen LogP contribution >= 0.6 is 11.3 Å². The van der Waals surface area contributed by atoms with Gasteiger partial charge in [-0.1, -0.05) is 13.3 Å². The molecule has 1 atom stereocenters. The van der Waals surface area contributed by atoms with Crippen LogP contribution in [0.2, 0.25) is 0 Å². The van der Waals surface area contributed by atoms with Crippen LogP contribution in [0.3, 0.4) is 0 Å². The molecule has 2 heterocycles. The largest absolute Gasteiger partial charge is 0.351 e. The van der Waals surface area contributed by atoms with Crippen LogP contribution in [-0.2, 0) is 12.8 Å².